The van der Waals surface area contributed by atoms with Gasteiger partial charge in [0.25, 0.3) is 5.91 Å². The highest BCUT2D eigenvalue weighted by Gasteiger charge is 2.21. The lowest BCUT2D eigenvalue weighted by atomic mass is 10.0. The molecule has 34 heavy (non-hydrogen) atoms. The van der Waals surface area contributed by atoms with Crippen LogP contribution in [0.4, 0.5) is 10.5 Å². The van der Waals surface area contributed by atoms with Crippen LogP contribution < -0.4 is 15.4 Å². The molecule has 2 amide bonds. The molecule has 0 aliphatic heterocycles. The molecule has 0 unspecified atom stereocenters. The van der Waals surface area contributed by atoms with E-state index in [0.29, 0.717) is 28.8 Å². The quantitative estimate of drug-likeness (QED) is 0.301. The monoisotopic (exact) mass is 492 g/mol. The summed E-state index contributed by atoms with van der Waals surface area (Å²) >= 11 is 1.19. The highest BCUT2D eigenvalue weighted by atomic mass is 32.2. The molecule has 2 rings (SSSR count). The third kappa shape index (κ3) is 8.02. The van der Waals surface area contributed by atoms with Gasteiger partial charge in [0.15, 0.2) is 0 Å². The number of carbonyl (C=O) groups excluding carboxylic acids is 2. The number of amides is 2. The number of hydrogen-bond acceptors (Lipinski definition) is 7. The first-order valence-corrected chi connectivity index (χ1v) is 12.3. The maximum absolute atomic E-state index is 12.7. The fourth-order valence-electron chi connectivity index (χ4n) is 3.06. The molecule has 0 saturated heterocycles. The van der Waals surface area contributed by atoms with E-state index in [9.17, 15) is 19.5 Å². The van der Waals surface area contributed by atoms with Crippen molar-refractivity contribution in [2.75, 3.05) is 36.6 Å². The van der Waals surface area contributed by atoms with Crippen LogP contribution in [0.5, 0.6) is 11.5 Å². The summed E-state index contributed by atoms with van der Waals surface area (Å²) in [5.41, 5.74) is 0.406. The lowest BCUT2D eigenvalue weighted by Gasteiger charge is -2.17. The van der Waals surface area contributed by atoms with Crippen LogP contribution in [0, 0.1) is 5.92 Å². The topological polar surface area (TPSA) is 134 Å². The highest BCUT2D eigenvalue weighted by molar-refractivity contribution is 7.99. The number of aliphatic carboxylic acids is 1. The number of carbonyl (C=O) groups is 3. The van der Waals surface area contributed by atoms with E-state index in [1.807, 2.05) is 20.8 Å². The molecule has 10 heteroatoms. The number of carboxylic acids is 1. The van der Waals surface area contributed by atoms with Crippen molar-refractivity contribution >= 4 is 46.2 Å². The normalized spacial score (nSPS) is 10.8. The van der Waals surface area contributed by atoms with Crippen molar-refractivity contribution in [1.82, 2.24) is 5.32 Å². The summed E-state index contributed by atoms with van der Waals surface area (Å²) in [6.45, 7) is 6.73. The van der Waals surface area contributed by atoms with Crippen LogP contribution in [0.25, 0.3) is 10.8 Å². The first-order valence-electron chi connectivity index (χ1n) is 11.2. The van der Waals surface area contributed by atoms with Crippen molar-refractivity contribution in [1.29, 1.82) is 0 Å². The molecule has 0 aromatic heterocycles. The smallest absolute Gasteiger partial charge is 0.411 e. The molecular weight excluding hydrogens is 460 g/mol. The molecule has 2 aromatic rings. The summed E-state index contributed by atoms with van der Waals surface area (Å²) in [6, 6.07) is 6.35. The molecule has 0 atom stereocenters. The number of unbranched alkanes of at least 4 members (excludes halogenated alkanes) is 1. The van der Waals surface area contributed by atoms with Gasteiger partial charge in [-0.25, -0.2) is 4.79 Å². The number of benzene rings is 2. The van der Waals surface area contributed by atoms with Gasteiger partial charge in [0.1, 0.15) is 11.5 Å². The minimum Gasteiger partial charge on any atom is -0.506 e. The molecule has 0 bridgehead atoms. The molecule has 0 heterocycles. The zero-order valence-electron chi connectivity index (χ0n) is 19.7. The van der Waals surface area contributed by atoms with E-state index in [2.05, 4.69) is 10.6 Å². The van der Waals surface area contributed by atoms with Gasteiger partial charge < -0.3 is 25.0 Å². The van der Waals surface area contributed by atoms with E-state index in [1.165, 1.54) is 17.8 Å². The Morgan fingerprint density at radius 3 is 2.65 bits per heavy atom. The Morgan fingerprint density at radius 1 is 1.21 bits per heavy atom. The summed E-state index contributed by atoms with van der Waals surface area (Å²) in [4.78, 5) is 35.7. The van der Waals surface area contributed by atoms with Gasteiger partial charge in [0.2, 0.25) is 0 Å². The van der Waals surface area contributed by atoms with Gasteiger partial charge in [-0.1, -0.05) is 39.3 Å². The largest absolute Gasteiger partial charge is 0.506 e. The maximum Gasteiger partial charge on any atom is 0.411 e. The molecule has 0 spiro atoms. The SMILES string of the molecule is CCCCNC(=O)c1cc(OCCSCC(=O)O)c2c(NC(=O)OCC(C)C)cccc2c1O. The molecule has 2 aromatic carbocycles. The van der Waals surface area contributed by atoms with E-state index in [4.69, 9.17) is 14.6 Å². The molecule has 0 radical (unpaired) electrons. The summed E-state index contributed by atoms with van der Waals surface area (Å²) in [7, 11) is 0. The van der Waals surface area contributed by atoms with Crippen molar-refractivity contribution < 1.29 is 34.1 Å². The summed E-state index contributed by atoms with van der Waals surface area (Å²) in [5, 5.41) is 25.9. The third-order valence-corrected chi connectivity index (χ3v) is 5.56. The molecule has 9 nitrogen and oxygen atoms in total. The van der Waals surface area contributed by atoms with Gasteiger partial charge in [-0.15, -0.1) is 11.8 Å². The van der Waals surface area contributed by atoms with Gasteiger partial charge in [-0.2, -0.15) is 0 Å². The van der Waals surface area contributed by atoms with Crippen molar-refractivity contribution in [2.24, 2.45) is 5.92 Å². The number of fused-ring (bicyclic) bond motifs is 1. The highest BCUT2D eigenvalue weighted by Crippen LogP contribution is 2.40. The van der Waals surface area contributed by atoms with Gasteiger partial charge in [0.05, 0.1) is 35.6 Å². The maximum atomic E-state index is 12.7. The number of phenolic OH excluding ortho intramolecular Hbond substituents is 1. The Hall–Kier alpha value is -3.14. The van der Waals surface area contributed by atoms with Crippen LogP contribution in [0.1, 0.15) is 44.0 Å². The van der Waals surface area contributed by atoms with Crippen LogP contribution >= 0.6 is 11.8 Å². The van der Waals surface area contributed by atoms with Gasteiger partial charge in [-0.3, -0.25) is 14.9 Å². The molecule has 186 valence electrons. The Balaban J connectivity index is 2.40. The average molecular weight is 493 g/mol. The van der Waals surface area contributed by atoms with E-state index < -0.39 is 18.0 Å². The fraction of sp³-hybridized carbons (Fsp3) is 0.458. The van der Waals surface area contributed by atoms with Gasteiger partial charge in [-0.05, 0) is 24.5 Å². The van der Waals surface area contributed by atoms with Gasteiger partial charge in [0, 0.05) is 17.7 Å². The first-order chi connectivity index (χ1) is 16.2. The predicted molar refractivity (Wildman–Crippen MR) is 133 cm³/mol. The van der Waals surface area contributed by atoms with Crippen LogP contribution in [0.3, 0.4) is 0 Å². The van der Waals surface area contributed by atoms with E-state index in [-0.39, 0.29) is 41.9 Å². The molecule has 0 aliphatic rings. The van der Waals surface area contributed by atoms with E-state index >= 15 is 0 Å². The van der Waals surface area contributed by atoms with Crippen LogP contribution in [-0.2, 0) is 9.53 Å². The zero-order valence-corrected chi connectivity index (χ0v) is 20.5. The minimum atomic E-state index is -0.919. The standard InChI is InChI=1S/C24H32N2O7S/c1-4-5-9-25-23(30)17-12-19(32-10-11-34-14-20(27)28)21-16(22(17)29)7-6-8-18(21)26-24(31)33-13-15(2)3/h6-8,12,15,29H,4-5,9-11,13-14H2,1-3H3,(H,25,30)(H,26,31)(H,27,28). The Labute approximate surface area is 203 Å². The number of ether oxygens (including phenoxy) is 2. The number of anilines is 1. The van der Waals surface area contributed by atoms with Crippen LogP contribution in [-0.4, -0.2) is 59.4 Å². The number of phenols is 1. The lowest BCUT2D eigenvalue weighted by Crippen LogP contribution is -2.24. The molecular formula is C24H32N2O7S. The second kappa shape index (κ2) is 13.5. The number of thioether (sulfide) groups is 1. The molecule has 0 fully saturated rings. The predicted octanol–water partition coefficient (Wildman–Crippen LogP) is 4.48. The number of hydrogen-bond donors (Lipinski definition) is 4. The van der Waals surface area contributed by atoms with Crippen LogP contribution in [0.2, 0.25) is 0 Å². The zero-order chi connectivity index (χ0) is 25.1. The van der Waals surface area contributed by atoms with Crippen molar-refractivity contribution in [3.63, 3.8) is 0 Å². The third-order valence-electron chi connectivity index (χ3n) is 4.65. The summed E-state index contributed by atoms with van der Waals surface area (Å²) < 4.78 is 11.1. The first kappa shape index (κ1) is 27.1. The fourth-order valence-corrected chi connectivity index (χ4v) is 3.58. The molecule has 0 saturated carbocycles. The van der Waals surface area contributed by atoms with E-state index in [0.717, 1.165) is 12.8 Å². The van der Waals surface area contributed by atoms with Crippen molar-refractivity contribution in [3.8, 4) is 11.5 Å². The second-order valence-electron chi connectivity index (χ2n) is 8.02. The lowest BCUT2D eigenvalue weighted by molar-refractivity contribution is -0.133. The van der Waals surface area contributed by atoms with E-state index in [1.54, 1.807) is 18.2 Å². The average Bonchev–Trinajstić information content (AvgIpc) is 2.79. The minimum absolute atomic E-state index is 0.0522. The molecule has 0 aliphatic carbocycles. The van der Waals surface area contributed by atoms with Crippen LogP contribution in [0.15, 0.2) is 24.3 Å². The Kier molecular flexibility index (Phi) is 10.8. The summed E-state index contributed by atoms with van der Waals surface area (Å²) in [5.74, 6) is -0.791. The summed E-state index contributed by atoms with van der Waals surface area (Å²) in [6.07, 6.45) is 1.07. The van der Waals surface area contributed by atoms with Crippen molar-refractivity contribution in [2.45, 2.75) is 33.6 Å². The Bertz CT molecular complexity index is 1010. The van der Waals surface area contributed by atoms with Crippen molar-refractivity contribution in [3.05, 3.63) is 29.8 Å². The number of carboxylic acid groups (broad SMARTS) is 1. The number of nitrogens with one attached hydrogen (secondary N) is 2. The molecule has 4 N–H and O–H groups in total. The Morgan fingerprint density at radius 2 is 1.97 bits per heavy atom. The van der Waals surface area contributed by atoms with Gasteiger partial charge >= 0.3 is 12.1 Å². The second-order valence-corrected chi connectivity index (χ2v) is 9.13. The number of aromatic hydroxyl groups is 1. The number of rotatable bonds is 13.